The van der Waals surface area contributed by atoms with E-state index in [-0.39, 0.29) is 5.88 Å². The van der Waals surface area contributed by atoms with Crippen molar-refractivity contribution in [2.24, 2.45) is 0 Å². The lowest BCUT2D eigenvalue weighted by molar-refractivity contribution is -0.148. The van der Waals surface area contributed by atoms with Crippen molar-refractivity contribution in [3.63, 3.8) is 0 Å². The number of alkyl halides is 4. The lowest BCUT2D eigenvalue weighted by atomic mass is 10.2. The Hall–Kier alpha value is -1.08. The predicted octanol–water partition coefficient (Wildman–Crippen LogP) is 3.27. The van der Waals surface area contributed by atoms with E-state index < -0.39 is 19.0 Å². The molecule has 112 valence electrons. The van der Waals surface area contributed by atoms with Crippen LogP contribution < -0.4 is 10.1 Å². The summed E-state index contributed by atoms with van der Waals surface area (Å²) in [5.41, 5.74) is 0.629. The van der Waals surface area contributed by atoms with Crippen LogP contribution in [-0.4, -0.2) is 30.0 Å². The van der Waals surface area contributed by atoms with Crippen molar-refractivity contribution in [2.75, 3.05) is 6.61 Å². The lowest BCUT2D eigenvalue weighted by Crippen LogP contribution is -2.33. The smallest absolute Gasteiger partial charge is 0.340 e. The van der Waals surface area contributed by atoms with Crippen LogP contribution >= 0.6 is 11.6 Å². The third-order valence-corrected chi connectivity index (χ3v) is 3.14. The van der Waals surface area contributed by atoms with Gasteiger partial charge in [-0.1, -0.05) is 11.6 Å². The molecule has 0 aliphatic heterocycles. The SMILES string of the molecule is FC(F)C(F)(F)COc1cc(CNC2CC2)c(Cl)cn1. The molecule has 0 amide bonds. The third kappa shape index (κ3) is 4.21. The molecular weight excluding hydrogens is 300 g/mol. The van der Waals surface area contributed by atoms with E-state index in [2.05, 4.69) is 15.0 Å². The van der Waals surface area contributed by atoms with Crippen LogP contribution in [0.2, 0.25) is 5.02 Å². The Morgan fingerprint density at radius 1 is 1.45 bits per heavy atom. The molecule has 1 aromatic rings. The van der Waals surface area contributed by atoms with Gasteiger partial charge < -0.3 is 10.1 Å². The van der Waals surface area contributed by atoms with Gasteiger partial charge in [-0.05, 0) is 18.4 Å². The van der Waals surface area contributed by atoms with Gasteiger partial charge >= 0.3 is 12.3 Å². The number of nitrogens with one attached hydrogen (secondary N) is 1. The van der Waals surface area contributed by atoms with Gasteiger partial charge in [0.15, 0.2) is 6.61 Å². The summed E-state index contributed by atoms with van der Waals surface area (Å²) in [6, 6.07) is 1.82. The first-order valence-corrected chi connectivity index (χ1v) is 6.43. The Morgan fingerprint density at radius 3 is 2.75 bits per heavy atom. The number of pyridine rings is 1. The maximum atomic E-state index is 12.7. The summed E-state index contributed by atoms with van der Waals surface area (Å²) in [5, 5.41) is 3.56. The first-order chi connectivity index (χ1) is 9.38. The van der Waals surface area contributed by atoms with Crippen LogP contribution in [-0.2, 0) is 6.54 Å². The van der Waals surface area contributed by atoms with E-state index in [0.717, 1.165) is 12.8 Å². The van der Waals surface area contributed by atoms with Gasteiger partial charge in [-0.15, -0.1) is 0 Å². The molecule has 1 heterocycles. The van der Waals surface area contributed by atoms with Gasteiger partial charge in [-0.25, -0.2) is 13.8 Å². The highest BCUT2D eigenvalue weighted by molar-refractivity contribution is 6.31. The zero-order valence-corrected chi connectivity index (χ0v) is 11.1. The van der Waals surface area contributed by atoms with Crippen molar-refractivity contribution in [3.05, 3.63) is 22.8 Å². The van der Waals surface area contributed by atoms with Crippen molar-refractivity contribution in [1.29, 1.82) is 0 Å². The van der Waals surface area contributed by atoms with E-state index in [1.165, 1.54) is 12.3 Å². The number of hydrogen-bond donors (Lipinski definition) is 1. The zero-order valence-electron chi connectivity index (χ0n) is 10.4. The minimum atomic E-state index is -4.20. The standard InChI is InChI=1S/C12H13ClF4N2O/c13-9-5-19-10(20-6-12(16,17)11(14)15)3-7(9)4-18-8-1-2-8/h3,5,8,11,18H,1-2,4,6H2. The van der Waals surface area contributed by atoms with E-state index in [0.29, 0.717) is 23.2 Å². The Balaban J connectivity index is 1.95. The van der Waals surface area contributed by atoms with Gasteiger partial charge in [-0.3, -0.25) is 0 Å². The van der Waals surface area contributed by atoms with Gasteiger partial charge in [0.1, 0.15) is 0 Å². The molecule has 0 spiro atoms. The van der Waals surface area contributed by atoms with Gasteiger partial charge in [0.25, 0.3) is 0 Å². The average Bonchev–Trinajstić information content (AvgIpc) is 3.20. The zero-order chi connectivity index (χ0) is 14.8. The number of rotatable bonds is 7. The molecule has 0 aromatic carbocycles. The summed E-state index contributed by atoms with van der Waals surface area (Å²) in [6.07, 6.45) is -0.341. The topological polar surface area (TPSA) is 34.1 Å². The van der Waals surface area contributed by atoms with Crippen molar-refractivity contribution in [2.45, 2.75) is 37.8 Å². The third-order valence-electron chi connectivity index (χ3n) is 2.80. The number of halogens is 5. The van der Waals surface area contributed by atoms with E-state index in [4.69, 9.17) is 11.6 Å². The van der Waals surface area contributed by atoms with E-state index in [9.17, 15) is 17.6 Å². The van der Waals surface area contributed by atoms with Crippen molar-refractivity contribution < 1.29 is 22.3 Å². The van der Waals surface area contributed by atoms with E-state index in [1.54, 1.807) is 0 Å². The maximum absolute atomic E-state index is 12.7. The first kappa shape index (κ1) is 15.3. The fraction of sp³-hybridized carbons (Fsp3) is 0.583. The Labute approximate surface area is 118 Å². The second-order valence-corrected chi connectivity index (χ2v) is 5.03. The number of aromatic nitrogens is 1. The second-order valence-electron chi connectivity index (χ2n) is 4.62. The fourth-order valence-corrected chi connectivity index (χ4v) is 1.62. The maximum Gasteiger partial charge on any atom is 0.340 e. The first-order valence-electron chi connectivity index (χ1n) is 6.05. The Kier molecular flexibility index (Phi) is 4.70. The van der Waals surface area contributed by atoms with Crippen LogP contribution in [0.4, 0.5) is 17.6 Å². The molecule has 0 unspecified atom stereocenters. The lowest BCUT2D eigenvalue weighted by Gasteiger charge is -2.16. The van der Waals surface area contributed by atoms with Gasteiger partial charge in [0.05, 0.1) is 5.02 Å². The van der Waals surface area contributed by atoms with Crippen LogP contribution in [0.15, 0.2) is 12.3 Å². The molecule has 0 atom stereocenters. The second kappa shape index (κ2) is 6.13. The van der Waals surface area contributed by atoms with Crippen LogP contribution in [0.1, 0.15) is 18.4 Å². The predicted molar refractivity (Wildman–Crippen MR) is 65.6 cm³/mol. The number of ether oxygens (including phenoxy) is 1. The normalized spacial score (nSPS) is 15.7. The van der Waals surface area contributed by atoms with Gasteiger partial charge in [0.2, 0.25) is 5.88 Å². The van der Waals surface area contributed by atoms with Crippen molar-refractivity contribution >= 4 is 11.6 Å². The Bertz CT molecular complexity index is 469. The Morgan fingerprint density at radius 2 is 2.15 bits per heavy atom. The van der Waals surface area contributed by atoms with Crippen LogP contribution in [0.25, 0.3) is 0 Å². The summed E-state index contributed by atoms with van der Waals surface area (Å²) in [6.45, 7) is -0.970. The molecule has 0 radical (unpaired) electrons. The molecule has 0 saturated heterocycles. The molecule has 1 aromatic heterocycles. The van der Waals surface area contributed by atoms with E-state index in [1.807, 2.05) is 0 Å². The molecule has 20 heavy (non-hydrogen) atoms. The summed E-state index contributed by atoms with van der Waals surface area (Å²) < 4.78 is 54.1. The number of hydrogen-bond acceptors (Lipinski definition) is 3. The molecule has 1 saturated carbocycles. The monoisotopic (exact) mass is 312 g/mol. The summed E-state index contributed by atoms with van der Waals surface area (Å²) in [7, 11) is 0. The quantitative estimate of drug-likeness (QED) is 0.785. The molecule has 1 N–H and O–H groups in total. The molecular formula is C12H13ClF4N2O. The summed E-state index contributed by atoms with van der Waals surface area (Å²) in [5.74, 6) is -4.35. The van der Waals surface area contributed by atoms with Crippen molar-refractivity contribution in [1.82, 2.24) is 10.3 Å². The molecule has 2 rings (SSSR count). The van der Waals surface area contributed by atoms with Crippen LogP contribution in [0.3, 0.4) is 0 Å². The average molecular weight is 313 g/mol. The summed E-state index contributed by atoms with van der Waals surface area (Å²) in [4.78, 5) is 3.68. The van der Waals surface area contributed by atoms with Gasteiger partial charge in [0, 0.05) is 24.8 Å². The molecule has 8 heteroatoms. The molecule has 1 aliphatic rings. The summed E-state index contributed by atoms with van der Waals surface area (Å²) >= 11 is 5.91. The molecule has 1 aliphatic carbocycles. The minimum absolute atomic E-state index is 0.151. The molecule has 0 bridgehead atoms. The molecule has 3 nitrogen and oxygen atoms in total. The highest BCUT2D eigenvalue weighted by Crippen LogP contribution is 2.26. The van der Waals surface area contributed by atoms with Crippen LogP contribution in [0.5, 0.6) is 5.88 Å². The fourth-order valence-electron chi connectivity index (χ4n) is 1.45. The van der Waals surface area contributed by atoms with E-state index >= 15 is 0 Å². The molecule has 1 fully saturated rings. The highest BCUT2D eigenvalue weighted by atomic mass is 35.5. The minimum Gasteiger partial charge on any atom is -0.471 e. The highest BCUT2D eigenvalue weighted by Gasteiger charge is 2.41. The van der Waals surface area contributed by atoms with Crippen molar-refractivity contribution in [3.8, 4) is 5.88 Å². The largest absolute Gasteiger partial charge is 0.471 e. The number of nitrogens with zero attached hydrogens (tertiary/aromatic N) is 1. The van der Waals surface area contributed by atoms with Gasteiger partial charge in [-0.2, -0.15) is 8.78 Å². The van der Waals surface area contributed by atoms with Crippen LogP contribution in [0, 0.1) is 0 Å².